The molecule has 0 aliphatic rings. The molecule has 4 nitrogen and oxygen atoms in total. The first-order valence-corrected chi connectivity index (χ1v) is 23.5. The van der Waals surface area contributed by atoms with Crippen LogP contribution in [-0.2, 0) is 0 Å². The Morgan fingerprint density at radius 2 is 0.754 bits per heavy atom. The lowest BCUT2D eigenvalue weighted by molar-refractivity contribution is 1.07. The van der Waals surface area contributed by atoms with Crippen molar-refractivity contribution in [3.63, 3.8) is 0 Å². The molecule has 0 radical (unpaired) electrons. The van der Waals surface area contributed by atoms with Crippen LogP contribution in [0.4, 0.5) is 0 Å². The maximum Gasteiger partial charge on any atom is 0.164 e. The van der Waals surface area contributed by atoms with Gasteiger partial charge in [0.1, 0.15) is 0 Å². The molecule has 6 heteroatoms. The molecule has 4 aromatic heterocycles. The van der Waals surface area contributed by atoms with Gasteiger partial charge in [0, 0.05) is 67.8 Å². The maximum atomic E-state index is 5.39. The molecule has 0 bridgehead atoms. The Morgan fingerprint density at radius 1 is 0.292 bits per heavy atom. The molecule has 4 heterocycles. The van der Waals surface area contributed by atoms with Gasteiger partial charge in [-0.2, -0.15) is 0 Å². The minimum Gasteiger partial charge on any atom is -0.308 e. The van der Waals surface area contributed by atoms with Crippen LogP contribution in [0.1, 0.15) is 0 Å². The van der Waals surface area contributed by atoms with E-state index in [-0.39, 0.29) is 0 Å². The minimum atomic E-state index is 0.630. The highest BCUT2D eigenvalue weighted by Gasteiger charge is 2.22. The molecule has 0 fully saturated rings. The Hall–Kier alpha value is -8.03. The van der Waals surface area contributed by atoms with Crippen LogP contribution in [0.25, 0.3) is 135 Å². The van der Waals surface area contributed by atoms with E-state index in [1.807, 2.05) is 11.3 Å². The Bertz CT molecular complexity index is 4140. The van der Waals surface area contributed by atoms with Crippen molar-refractivity contribution in [1.82, 2.24) is 19.5 Å². The van der Waals surface area contributed by atoms with E-state index in [0.717, 1.165) is 39.0 Å². The van der Waals surface area contributed by atoms with E-state index in [4.69, 9.17) is 15.0 Å². The number of nitrogens with zero attached hydrogens (tertiary/aromatic N) is 4. The van der Waals surface area contributed by atoms with E-state index in [2.05, 4.69) is 211 Å². The Labute approximate surface area is 381 Å². The summed E-state index contributed by atoms with van der Waals surface area (Å²) < 4.78 is 7.39. The fourth-order valence-electron chi connectivity index (χ4n) is 9.86. The number of fused-ring (bicyclic) bond motifs is 11. The Balaban J connectivity index is 1.05. The van der Waals surface area contributed by atoms with Gasteiger partial charge in [0.25, 0.3) is 0 Å². The van der Waals surface area contributed by atoms with Crippen LogP contribution in [0.2, 0.25) is 0 Å². The summed E-state index contributed by atoms with van der Waals surface area (Å²) in [5.41, 5.74) is 8.56. The van der Waals surface area contributed by atoms with Gasteiger partial charge < -0.3 is 4.57 Å². The van der Waals surface area contributed by atoms with Gasteiger partial charge >= 0.3 is 0 Å². The zero-order valence-electron chi connectivity index (χ0n) is 34.7. The smallest absolute Gasteiger partial charge is 0.164 e. The molecule has 0 saturated heterocycles. The van der Waals surface area contributed by atoms with Crippen LogP contribution in [0.15, 0.2) is 206 Å². The van der Waals surface area contributed by atoms with E-state index < -0.39 is 0 Å². The van der Waals surface area contributed by atoms with Gasteiger partial charge in [-0.25, -0.2) is 15.0 Å². The number of thiophene rings is 2. The summed E-state index contributed by atoms with van der Waals surface area (Å²) >= 11 is 3.62. The fourth-order valence-corrected chi connectivity index (χ4v) is 12.2. The van der Waals surface area contributed by atoms with Crippen molar-refractivity contribution < 1.29 is 0 Å². The van der Waals surface area contributed by atoms with Gasteiger partial charge in [-0.1, -0.05) is 152 Å². The molecule has 0 spiro atoms. The quantitative estimate of drug-likeness (QED) is 0.173. The molecule has 0 aliphatic heterocycles. The number of rotatable bonds is 5. The van der Waals surface area contributed by atoms with Crippen LogP contribution >= 0.6 is 22.7 Å². The largest absolute Gasteiger partial charge is 0.308 e. The molecule has 14 rings (SSSR count). The average molecular weight is 863 g/mol. The van der Waals surface area contributed by atoms with E-state index >= 15 is 0 Å². The minimum absolute atomic E-state index is 0.630. The summed E-state index contributed by atoms with van der Waals surface area (Å²) in [5, 5.41) is 12.3. The molecule has 0 amide bonds. The lowest BCUT2D eigenvalue weighted by atomic mass is 10.0. The van der Waals surface area contributed by atoms with Gasteiger partial charge in [-0.05, 0) is 87.3 Å². The summed E-state index contributed by atoms with van der Waals surface area (Å²) in [5.74, 6) is 1.91. The summed E-state index contributed by atoms with van der Waals surface area (Å²) in [6, 6.07) is 74.6. The number of hydrogen-bond donors (Lipinski definition) is 0. The second kappa shape index (κ2) is 14.2. The highest BCUT2D eigenvalue weighted by molar-refractivity contribution is 7.26. The first kappa shape index (κ1) is 36.5. The van der Waals surface area contributed by atoms with E-state index in [9.17, 15) is 0 Å². The standard InChI is InChI=1S/C59H34N4S2/c1-2-12-35(13-3-1)36-22-24-37(25-23-36)57-60-58(42-26-27-45-44-18-8-10-20-52(44)64-54(45)33-42)62-59(61-57)43-32-51(56-46-19-9-11-21-53(46)65-55(56)34-43)63-49-30-40-16-6-4-14-38(40)28-47(49)48-29-39-15-5-7-17-41(39)31-50(48)63/h1-34H. The second-order valence-electron chi connectivity index (χ2n) is 16.8. The molecular formula is C59H34N4S2. The highest BCUT2D eigenvalue weighted by Crippen LogP contribution is 2.45. The highest BCUT2D eigenvalue weighted by atomic mass is 32.1. The van der Waals surface area contributed by atoms with Crippen molar-refractivity contribution >= 4 is 106 Å². The molecular weight excluding hydrogens is 829 g/mol. The van der Waals surface area contributed by atoms with Crippen molar-refractivity contribution in [1.29, 1.82) is 0 Å². The number of benzene rings is 10. The topological polar surface area (TPSA) is 43.6 Å². The number of hydrogen-bond acceptors (Lipinski definition) is 5. The van der Waals surface area contributed by atoms with Gasteiger partial charge in [-0.3, -0.25) is 0 Å². The zero-order valence-corrected chi connectivity index (χ0v) is 36.4. The van der Waals surface area contributed by atoms with E-state index in [1.165, 1.54) is 78.2 Å². The average Bonchev–Trinajstić information content (AvgIpc) is 4.03. The van der Waals surface area contributed by atoms with Gasteiger partial charge in [0.05, 0.1) is 16.7 Å². The molecule has 0 saturated carbocycles. The van der Waals surface area contributed by atoms with Crippen molar-refractivity contribution in [3.05, 3.63) is 206 Å². The summed E-state index contributed by atoms with van der Waals surface area (Å²) in [6.45, 7) is 0. The first-order valence-electron chi connectivity index (χ1n) is 21.8. The molecule has 0 unspecified atom stereocenters. The van der Waals surface area contributed by atoms with Crippen LogP contribution in [0, 0.1) is 0 Å². The van der Waals surface area contributed by atoms with Crippen molar-refractivity contribution in [2.24, 2.45) is 0 Å². The fraction of sp³-hybridized carbons (Fsp3) is 0. The molecule has 0 N–H and O–H groups in total. The third-order valence-corrected chi connectivity index (χ3v) is 15.2. The maximum absolute atomic E-state index is 5.39. The lowest BCUT2D eigenvalue weighted by Crippen LogP contribution is -2.01. The summed E-state index contributed by atoms with van der Waals surface area (Å²) in [6.07, 6.45) is 0. The summed E-state index contributed by atoms with van der Waals surface area (Å²) in [7, 11) is 0. The Morgan fingerprint density at radius 3 is 1.43 bits per heavy atom. The van der Waals surface area contributed by atoms with Crippen molar-refractivity contribution in [2.75, 3.05) is 0 Å². The van der Waals surface area contributed by atoms with Gasteiger partial charge in [0.2, 0.25) is 0 Å². The summed E-state index contributed by atoms with van der Waals surface area (Å²) in [4.78, 5) is 16.0. The van der Waals surface area contributed by atoms with Crippen LogP contribution < -0.4 is 0 Å². The van der Waals surface area contributed by atoms with E-state index in [0.29, 0.717) is 17.5 Å². The molecule has 0 aliphatic carbocycles. The third kappa shape index (κ3) is 5.85. The Kier molecular flexibility index (Phi) is 7.99. The SMILES string of the molecule is c1ccc(-c2ccc(-c3nc(-c4ccc5c(c4)sc4ccccc45)nc(-c4cc(-n5c6cc7ccccc7cc6c6cc7ccccc7cc65)c5c(c4)sc4ccccc45)n3)cc2)cc1. The van der Waals surface area contributed by atoms with Gasteiger partial charge in [0.15, 0.2) is 17.5 Å². The van der Waals surface area contributed by atoms with Gasteiger partial charge in [-0.15, -0.1) is 22.7 Å². The van der Waals surface area contributed by atoms with Crippen LogP contribution in [0.3, 0.4) is 0 Å². The monoisotopic (exact) mass is 862 g/mol. The predicted octanol–water partition coefficient (Wildman–Crippen LogP) is 16.7. The second-order valence-corrected chi connectivity index (χ2v) is 19.0. The number of aromatic nitrogens is 4. The molecule has 65 heavy (non-hydrogen) atoms. The molecule has 14 aromatic rings. The predicted molar refractivity (Wildman–Crippen MR) is 277 cm³/mol. The normalized spacial score (nSPS) is 12.0. The van der Waals surface area contributed by atoms with E-state index in [1.54, 1.807) is 11.3 Å². The molecule has 0 atom stereocenters. The van der Waals surface area contributed by atoms with Crippen LogP contribution in [-0.4, -0.2) is 19.5 Å². The first-order chi connectivity index (χ1) is 32.2. The lowest BCUT2D eigenvalue weighted by Gasteiger charge is -2.14. The zero-order chi connectivity index (χ0) is 42.6. The molecule has 10 aromatic carbocycles. The molecule has 302 valence electrons. The van der Waals surface area contributed by atoms with Crippen molar-refractivity contribution in [3.8, 4) is 51.0 Å². The van der Waals surface area contributed by atoms with Crippen molar-refractivity contribution in [2.45, 2.75) is 0 Å². The van der Waals surface area contributed by atoms with Crippen LogP contribution in [0.5, 0.6) is 0 Å². The third-order valence-electron chi connectivity index (χ3n) is 13.0.